The molecule has 1 N–H and O–H groups in total. The molecule has 0 atom stereocenters. The molecule has 2 heterocycles. The Bertz CT molecular complexity index is 1390. The molecule has 4 aromatic rings. The quantitative estimate of drug-likeness (QED) is 0.267. The number of pyridine rings is 1. The van der Waals surface area contributed by atoms with Crippen molar-refractivity contribution < 1.29 is 23.7 Å². The van der Waals surface area contributed by atoms with Crippen molar-refractivity contribution in [3.8, 4) is 23.1 Å². The molecule has 0 unspecified atom stereocenters. The lowest BCUT2D eigenvalue weighted by molar-refractivity contribution is 0.205. The molecule has 0 aliphatic rings. The Kier molecular flexibility index (Phi) is 9.67. The lowest BCUT2D eigenvalue weighted by Gasteiger charge is -2.24. The van der Waals surface area contributed by atoms with E-state index in [-0.39, 0.29) is 18.4 Å². The number of likely N-dealkylation sites (N-methyl/N-ethyl adjacent to an activating group) is 1. The van der Waals surface area contributed by atoms with E-state index in [1.165, 1.54) is 24.3 Å². The van der Waals surface area contributed by atoms with E-state index in [1.807, 2.05) is 44.4 Å². The predicted molar refractivity (Wildman–Crippen MR) is 152 cm³/mol. The van der Waals surface area contributed by atoms with E-state index in [9.17, 15) is 4.79 Å². The van der Waals surface area contributed by atoms with Crippen molar-refractivity contribution in [1.29, 1.82) is 0 Å². The van der Waals surface area contributed by atoms with Crippen LogP contribution in [0.5, 0.6) is 23.1 Å². The average Bonchev–Trinajstić information content (AvgIpc) is 2.97. The molecule has 0 saturated carbocycles. The fraction of sp³-hybridized carbons (Fsp3) is 0.241. The Labute approximate surface area is 233 Å². The topological polar surface area (TPSA) is 111 Å². The van der Waals surface area contributed by atoms with Gasteiger partial charge in [-0.2, -0.15) is 4.98 Å². The number of hydrogen-bond donors (Lipinski definition) is 1. The molecule has 0 radical (unpaired) electrons. The Morgan fingerprint density at radius 1 is 0.950 bits per heavy atom. The summed E-state index contributed by atoms with van der Waals surface area (Å²) < 4.78 is 22.3. The molecule has 2 aromatic carbocycles. The van der Waals surface area contributed by atoms with E-state index < -0.39 is 6.09 Å². The van der Waals surface area contributed by atoms with Gasteiger partial charge in [-0.1, -0.05) is 6.07 Å². The Hall–Kier alpha value is -4.90. The summed E-state index contributed by atoms with van der Waals surface area (Å²) in [6.45, 7) is 1.61. The first-order valence-corrected chi connectivity index (χ1v) is 12.5. The first-order chi connectivity index (χ1) is 19.4. The number of benzene rings is 2. The van der Waals surface area contributed by atoms with Gasteiger partial charge in [-0.25, -0.2) is 9.78 Å². The maximum Gasteiger partial charge on any atom is 0.421 e. The third-order valence-electron chi connectivity index (χ3n) is 5.70. The molecular weight excluding hydrogens is 512 g/mol. The fourth-order valence-corrected chi connectivity index (χ4v) is 3.64. The van der Waals surface area contributed by atoms with Gasteiger partial charge < -0.3 is 29.2 Å². The van der Waals surface area contributed by atoms with Crippen LogP contribution < -0.4 is 29.2 Å². The van der Waals surface area contributed by atoms with Gasteiger partial charge in [-0.3, -0.25) is 9.88 Å². The van der Waals surface area contributed by atoms with Gasteiger partial charge in [0, 0.05) is 43.0 Å². The monoisotopic (exact) mass is 544 g/mol. The summed E-state index contributed by atoms with van der Waals surface area (Å²) >= 11 is 0. The van der Waals surface area contributed by atoms with Gasteiger partial charge in [0.25, 0.3) is 0 Å². The largest absolute Gasteiger partial charge is 0.497 e. The molecule has 0 aliphatic carbocycles. The number of rotatable bonds is 12. The number of methoxy groups -OCH3 is 2. The van der Waals surface area contributed by atoms with Crippen molar-refractivity contribution >= 4 is 23.4 Å². The Morgan fingerprint density at radius 2 is 1.75 bits per heavy atom. The molecule has 11 heteroatoms. The number of amides is 1. The highest BCUT2D eigenvalue weighted by molar-refractivity contribution is 5.91. The standard InChI is InChI=1S/C29H32N6O5/c1-34(2)16-17-39-23-9-7-22(8-10-23)32-28-31-15-13-27(33-28)40-29(36)35(20-21-6-5-14-30-19-21)25-12-11-24(37-3)18-26(25)38-4/h5-15,18-19H,16-17,20H2,1-4H3,(H,31,32,33). The van der Waals surface area contributed by atoms with E-state index >= 15 is 0 Å². The first-order valence-electron chi connectivity index (χ1n) is 12.5. The summed E-state index contributed by atoms with van der Waals surface area (Å²) in [5.41, 5.74) is 2.05. The van der Waals surface area contributed by atoms with Crippen LogP contribution in [0.1, 0.15) is 5.56 Å². The number of nitrogens with zero attached hydrogens (tertiary/aromatic N) is 5. The van der Waals surface area contributed by atoms with Crippen molar-refractivity contribution in [2.75, 3.05) is 51.7 Å². The average molecular weight is 545 g/mol. The Morgan fingerprint density at radius 3 is 2.45 bits per heavy atom. The van der Waals surface area contributed by atoms with Gasteiger partial charge in [0.2, 0.25) is 11.8 Å². The summed E-state index contributed by atoms with van der Waals surface area (Å²) in [6.07, 6.45) is 4.20. The van der Waals surface area contributed by atoms with Crippen molar-refractivity contribution in [2.45, 2.75) is 6.54 Å². The molecule has 2 aromatic heterocycles. The molecule has 0 fully saturated rings. The van der Waals surface area contributed by atoms with Crippen LogP contribution in [-0.4, -0.2) is 67.4 Å². The third-order valence-corrected chi connectivity index (χ3v) is 5.70. The minimum Gasteiger partial charge on any atom is -0.497 e. The zero-order chi connectivity index (χ0) is 28.3. The van der Waals surface area contributed by atoms with Gasteiger partial charge in [-0.05, 0) is 62.1 Å². The number of carbonyl (C=O) groups excluding carboxylic acids is 1. The molecular formula is C29H32N6O5. The highest BCUT2D eigenvalue weighted by Crippen LogP contribution is 2.34. The molecule has 4 rings (SSSR count). The van der Waals surface area contributed by atoms with Crippen molar-refractivity contribution in [1.82, 2.24) is 19.9 Å². The summed E-state index contributed by atoms with van der Waals surface area (Å²) in [7, 11) is 7.08. The van der Waals surface area contributed by atoms with Crippen LogP contribution in [-0.2, 0) is 6.54 Å². The van der Waals surface area contributed by atoms with E-state index in [0.29, 0.717) is 23.8 Å². The van der Waals surface area contributed by atoms with Crippen LogP contribution >= 0.6 is 0 Å². The first kappa shape index (κ1) is 28.1. The zero-order valence-corrected chi connectivity index (χ0v) is 22.9. The van der Waals surface area contributed by atoms with Crippen molar-refractivity contribution in [2.24, 2.45) is 0 Å². The third kappa shape index (κ3) is 7.81. The van der Waals surface area contributed by atoms with Gasteiger partial charge in [0.1, 0.15) is 23.9 Å². The van der Waals surface area contributed by atoms with Crippen LogP contribution in [0, 0.1) is 0 Å². The van der Waals surface area contributed by atoms with E-state index in [2.05, 4.69) is 25.2 Å². The number of carbonyl (C=O) groups is 1. The molecule has 11 nitrogen and oxygen atoms in total. The second kappa shape index (κ2) is 13.8. The van der Waals surface area contributed by atoms with E-state index in [1.54, 1.807) is 43.8 Å². The van der Waals surface area contributed by atoms with Crippen LogP contribution in [0.2, 0.25) is 0 Å². The second-order valence-corrected chi connectivity index (χ2v) is 8.87. The van der Waals surface area contributed by atoms with Crippen molar-refractivity contribution in [3.63, 3.8) is 0 Å². The SMILES string of the molecule is COc1ccc(N(Cc2cccnc2)C(=O)Oc2ccnc(Nc3ccc(OCCN(C)C)cc3)n2)c(OC)c1. The van der Waals surface area contributed by atoms with Crippen molar-refractivity contribution in [3.05, 3.63) is 84.8 Å². The number of aromatic nitrogens is 3. The van der Waals surface area contributed by atoms with Crippen LogP contribution in [0.3, 0.4) is 0 Å². The smallest absolute Gasteiger partial charge is 0.421 e. The Balaban J connectivity index is 1.49. The summed E-state index contributed by atoms with van der Waals surface area (Å²) in [5.74, 6) is 2.15. The maximum atomic E-state index is 13.5. The summed E-state index contributed by atoms with van der Waals surface area (Å²) in [6, 6.07) is 17.8. The minimum absolute atomic E-state index is 0.0785. The van der Waals surface area contributed by atoms with E-state index in [4.69, 9.17) is 18.9 Å². The zero-order valence-electron chi connectivity index (χ0n) is 22.9. The molecule has 0 bridgehead atoms. The highest BCUT2D eigenvalue weighted by Gasteiger charge is 2.23. The second-order valence-electron chi connectivity index (χ2n) is 8.87. The molecule has 0 saturated heterocycles. The predicted octanol–water partition coefficient (Wildman–Crippen LogP) is 4.78. The van der Waals surface area contributed by atoms with Crippen LogP contribution in [0.4, 0.5) is 22.1 Å². The molecule has 40 heavy (non-hydrogen) atoms. The lowest BCUT2D eigenvalue weighted by atomic mass is 10.2. The van der Waals surface area contributed by atoms with Gasteiger partial charge in [0.15, 0.2) is 0 Å². The van der Waals surface area contributed by atoms with E-state index in [0.717, 1.165) is 23.5 Å². The molecule has 1 amide bonds. The molecule has 0 spiro atoms. The normalized spacial score (nSPS) is 10.6. The lowest BCUT2D eigenvalue weighted by Crippen LogP contribution is -2.33. The maximum absolute atomic E-state index is 13.5. The molecule has 0 aliphatic heterocycles. The molecule has 208 valence electrons. The van der Waals surface area contributed by atoms with Gasteiger partial charge >= 0.3 is 6.09 Å². The van der Waals surface area contributed by atoms with Gasteiger partial charge in [0.05, 0.1) is 26.5 Å². The van der Waals surface area contributed by atoms with Crippen LogP contribution in [0.25, 0.3) is 0 Å². The fourth-order valence-electron chi connectivity index (χ4n) is 3.64. The number of hydrogen-bond acceptors (Lipinski definition) is 10. The minimum atomic E-state index is -0.656. The van der Waals surface area contributed by atoms with Gasteiger partial charge in [-0.15, -0.1) is 0 Å². The van der Waals surface area contributed by atoms with Crippen LogP contribution in [0.15, 0.2) is 79.3 Å². The highest BCUT2D eigenvalue weighted by atomic mass is 16.6. The summed E-state index contributed by atoms with van der Waals surface area (Å²) in [4.78, 5) is 29.7. The summed E-state index contributed by atoms with van der Waals surface area (Å²) in [5, 5.41) is 3.12. The number of nitrogens with one attached hydrogen (secondary N) is 1. The number of ether oxygens (including phenoxy) is 4. The number of anilines is 3.